The molecular weight excluding hydrogens is 548 g/mol. The van der Waals surface area contributed by atoms with Crippen molar-refractivity contribution in [2.45, 2.75) is 25.7 Å². The zero-order valence-electron chi connectivity index (χ0n) is 24.6. The molecule has 0 saturated heterocycles. The predicted molar refractivity (Wildman–Crippen MR) is 178 cm³/mol. The molecule has 2 aliphatic rings. The van der Waals surface area contributed by atoms with Crippen LogP contribution in [0.4, 0.5) is 11.4 Å². The number of anilines is 2. The minimum absolute atomic E-state index is 0.178. The third kappa shape index (κ3) is 7.21. The Bertz CT molecular complexity index is 1570. The van der Waals surface area contributed by atoms with Crippen LogP contribution in [-0.4, -0.2) is 49.7 Å². The number of nitrogens with one attached hydrogen (secondary N) is 4. The molecular formula is C36H36N6O2. The number of carbonyl (C=O) groups excluding carboxylic acids is 2. The average Bonchev–Trinajstić information content (AvgIpc) is 3.52. The van der Waals surface area contributed by atoms with Gasteiger partial charge in [0.25, 0.3) is 11.8 Å². The van der Waals surface area contributed by atoms with Crippen molar-refractivity contribution in [2.75, 3.05) is 36.8 Å². The summed E-state index contributed by atoms with van der Waals surface area (Å²) in [6, 6.07) is 30.4. The Labute approximate surface area is 257 Å². The maximum absolute atomic E-state index is 13.0. The zero-order chi connectivity index (χ0) is 30.1. The summed E-state index contributed by atoms with van der Waals surface area (Å²) in [6.07, 6.45) is 4.35. The van der Waals surface area contributed by atoms with Crippen LogP contribution < -0.4 is 21.3 Å². The van der Waals surface area contributed by atoms with Crippen molar-refractivity contribution in [3.8, 4) is 11.1 Å². The summed E-state index contributed by atoms with van der Waals surface area (Å²) in [6.45, 7) is 3.43. The normalized spacial score (nSPS) is 14.9. The van der Waals surface area contributed by atoms with Crippen molar-refractivity contribution < 1.29 is 9.59 Å². The van der Waals surface area contributed by atoms with Crippen molar-refractivity contribution in [1.29, 1.82) is 0 Å². The minimum atomic E-state index is -0.178. The van der Waals surface area contributed by atoms with E-state index in [1.807, 2.05) is 97.1 Å². The van der Waals surface area contributed by atoms with Gasteiger partial charge in [-0.2, -0.15) is 0 Å². The topological polar surface area (TPSA) is 107 Å². The Kier molecular flexibility index (Phi) is 9.07. The first kappa shape index (κ1) is 28.9. The van der Waals surface area contributed by atoms with Gasteiger partial charge in [-0.25, -0.2) is 0 Å². The molecule has 0 fully saturated rings. The SMILES string of the molecule is O=C(Nc1cccc(C2=NCCCCN2)c1)c1ccc(-c2ccc(C(=O)Nc3cccc(C4=NCCCCN4)c3)cc2)cc1. The molecule has 2 heterocycles. The predicted octanol–water partition coefficient (Wildman–Crippen LogP) is 6.12. The number of aliphatic imine (C=N–C) groups is 2. The lowest BCUT2D eigenvalue weighted by atomic mass is 10.0. The Morgan fingerprint density at radius 3 is 1.39 bits per heavy atom. The van der Waals surface area contributed by atoms with Crippen molar-refractivity contribution in [1.82, 2.24) is 10.6 Å². The Balaban J connectivity index is 1.07. The molecule has 6 rings (SSSR count). The monoisotopic (exact) mass is 584 g/mol. The lowest BCUT2D eigenvalue weighted by molar-refractivity contribution is 0.101. The van der Waals surface area contributed by atoms with E-state index in [4.69, 9.17) is 0 Å². The molecule has 0 aromatic heterocycles. The summed E-state index contributed by atoms with van der Waals surface area (Å²) < 4.78 is 0. The molecule has 222 valence electrons. The van der Waals surface area contributed by atoms with Gasteiger partial charge in [0.15, 0.2) is 0 Å². The Morgan fingerprint density at radius 1 is 0.523 bits per heavy atom. The molecule has 0 spiro atoms. The van der Waals surface area contributed by atoms with E-state index in [9.17, 15) is 9.59 Å². The van der Waals surface area contributed by atoms with Crippen LogP contribution >= 0.6 is 0 Å². The van der Waals surface area contributed by atoms with Gasteiger partial charge in [-0.15, -0.1) is 0 Å². The molecule has 4 aromatic rings. The van der Waals surface area contributed by atoms with Crippen molar-refractivity contribution in [2.24, 2.45) is 9.98 Å². The lowest BCUT2D eigenvalue weighted by Gasteiger charge is -2.11. The standard InChI is InChI=1S/C36H36N6O2/c43-35(41-31-9-5-7-29(23-31)33-37-19-1-2-20-38-33)27-15-11-25(12-16-27)26-13-17-28(18-14-26)36(44)42-32-10-6-8-30(24-32)34-39-21-3-4-22-40-34/h5-18,23-24H,1-4,19-22H2,(H,37,38)(H,39,40)(H,41,43)(H,42,44). The van der Waals surface area contributed by atoms with Crippen LogP contribution in [0.5, 0.6) is 0 Å². The second-order valence-electron chi connectivity index (χ2n) is 11.0. The molecule has 8 heteroatoms. The van der Waals surface area contributed by atoms with Crippen LogP contribution in [0, 0.1) is 0 Å². The second kappa shape index (κ2) is 13.8. The summed E-state index contributed by atoms with van der Waals surface area (Å²) in [5.74, 6) is 1.39. The molecule has 4 aromatic carbocycles. The molecule has 44 heavy (non-hydrogen) atoms. The number of hydrogen-bond donors (Lipinski definition) is 4. The highest BCUT2D eigenvalue weighted by molar-refractivity contribution is 6.07. The molecule has 0 radical (unpaired) electrons. The van der Waals surface area contributed by atoms with E-state index in [1.165, 1.54) is 0 Å². The van der Waals surface area contributed by atoms with Crippen LogP contribution in [0.15, 0.2) is 107 Å². The van der Waals surface area contributed by atoms with Crippen LogP contribution in [0.25, 0.3) is 11.1 Å². The number of nitrogens with zero attached hydrogens (tertiary/aromatic N) is 2. The fraction of sp³-hybridized carbons (Fsp3) is 0.222. The van der Waals surface area contributed by atoms with Gasteiger partial charge >= 0.3 is 0 Å². The van der Waals surface area contributed by atoms with Crippen LogP contribution in [0.3, 0.4) is 0 Å². The van der Waals surface area contributed by atoms with Crippen LogP contribution in [0.2, 0.25) is 0 Å². The Morgan fingerprint density at radius 2 is 0.955 bits per heavy atom. The maximum atomic E-state index is 13.0. The second-order valence-corrected chi connectivity index (χ2v) is 11.0. The fourth-order valence-electron chi connectivity index (χ4n) is 5.29. The number of hydrogen-bond acceptors (Lipinski definition) is 6. The van der Waals surface area contributed by atoms with Crippen molar-refractivity contribution >= 4 is 34.9 Å². The van der Waals surface area contributed by atoms with Crippen LogP contribution in [0.1, 0.15) is 57.5 Å². The summed E-state index contributed by atoms with van der Waals surface area (Å²) in [4.78, 5) is 35.2. The van der Waals surface area contributed by atoms with E-state index in [2.05, 4.69) is 31.3 Å². The van der Waals surface area contributed by atoms with Crippen molar-refractivity contribution in [3.05, 3.63) is 119 Å². The number of benzene rings is 4. The van der Waals surface area contributed by atoms with E-state index in [-0.39, 0.29) is 11.8 Å². The molecule has 0 aliphatic carbocycles. The van der Waals surface area contributed by atoms with Gasteiger partial charge in [-0.3, -0.25) is 19.6 Å². The lowest BCUT2D eigenvalue weighted by Crippen LogP contribution is -2.24. The molecule has 4 N–H and O–H groups in total. The third-order valence-electron chi connectivity index (χ3n) is 7.71. The smallest absolute Gasteiger partial charge is 0.255 e. The summed E-state index contributed by atoms with van der Waals surface area (Å²) in [7, 11) is 0. The van der Waals surface area contributed by atoms with Gasteiger partial charge in [0.05, 0.1) is 0 Å². The van der Waals surface area contributed by atoms with Gasteiger partial charge in [0.2, 0.25) is 0 Å². The first-order valence-electron chi connectivity index (χ1n) is 15.2. The molecule has 2 aliphatic heterocycles. The number of carbonyl (C=O) groups is 2. The first-order valence-corrected chi connectivity index (χ1v) is 15.2. The highest BCUT2D eigenvalue weighted by Crippen LogP contribution is 2.22. The summed E-state index contributed by atoms with van der Waals surface area (Å²) in [5.41, 5.74) is 6.41. The van der Waals surface area contributed by atoms with Gasteiger partial charge in [-0.1, -0.05) is 48.5 Å². The van der Waals surface area contributed by atoms with Gasteiger partial charge in [-0.05, 0) is 85.3 Å². The largest absolute Gasteiger partial charge is 0.370 e. The molecule has 0 bridgehead atoms. The number of amidine groups is 2. The quantitative estimate of drug-likeness (QED) is 0.210. The Hall–Kier alpha value is -5.24. The van der Waals surface area contributed by atoms with Crippen LogP contribution in [-0.2, 0) is 0 Å². The van der Waals surface area contributed by atoms with E-state index < -0.39 is 0 Å². The molecule has 0 atom stereocenters. The number of rotatable bonds is 7. The zero-order valence-corrected chi connectivity index (χ0v) is 24.6. The first-order chi connectivity index (χ1) is 21.6. The van der Waals surface area contributed by atoms with E-state index >= 15 is 0 Å². The van der Waals surface area contributed by atoms with Gasteiger partial charge in [0, 0.05) is 59.8 Å². The summed E-state index contributed by atoms with van der Waals surface area (Å²) >= 11 is 0. The summed E-state index contributed by atoms with van der Waals surface area (Å²) in [5, 5.41) is 12.8. The number of amides is 2. The average molecular weight is 585 g/mol. The van der Waals surface area contributed by atoms with E-state index in [0.717, 1.165) is 97.2 Å². The minimum Gasteiger partial charge on any atom is -0.370 e. The molecule has 0 unspecified atom stereocenters. The fourth-order valence-corrected chi connectivity index (χ4v) is 5.29. The highest BCUT2D eigenvalue weighted by Gasteiger charge is 2.12. The maximum Gasteiger partial charge on any atom is 0.255 e. The molecule has 2 amide bonds. The van der Waals surface area contributed by atoms with E-state index in [1.54, 1.807) is 0 Å². The highest BCUT2D eigenvalue weighted by atomic mass is 16.2. The van der Waals surface area contributed by atoms with E-state index in [0.29, 0.717) is 11.1 Å². The van der Waals surface area contributed by atoms with Gasteiger partial charge < -0.3 is 21.3 Å². The molecule has 0 saturated carbocycles. The molecule has 8 nitrogen and oxygen atoms in total. The van der Waals surface area contributed by atoms with Crippen molar-refractivity contribution in [3.63, 3.8) is 0 Å². The third-order valence-corrected chi connectivity index (χ3v) is 7.71. The van der Waals surface area contributed by atoms with Gasteiger partial charge in [0.1, 0.15) is 11.7 Å².